The monoisotopic (exact) mass is 497 g/mol. The third kappa shape index (κ3) is 4.80. The van der Waals surface area contributed by atoms with Gasteiger partial charge in [0, 0.05) is 17.9 Å². The fourth-order valence-corrected chi connectivity index (χ4v) is 6.00. The number of benzene rings is 3. The third-order valence-electron chi connectivity index (χ3n) is 6.45. The first kappa shape index (κ1) is 23.5. The van der Waals surface area contributed by atoms with E-state index in [9.17, 15) is 22.0 Å². The zero-order valence-corrected chi connectivity index (χ0v) is 20.0. The Morgan fingerprint density at radius 1 is 1.06 bits per heavy atom. The molecule has 1 aliphatic carbocycles. The van der Waals surface area contributed by atoms with E-state index < -0.39 is 27.8 Å². The Kier molecular flexibility index (Phi) is 6.09. The lowest BCUT2D eigenvalue weighted by Crippen LogP contribution is -2.43. The maximum atomic E-state index is 14.5. The van der Waals surface area contributed by atoms with Gasteiger partial charge in [-0.05, 0) is 79.8 Å². The summed E-state index contributed by atoms with van der Waals surface area (Å²) < 4.78 is 63.1. The van der Waals surface area contributed by atoms with Gasteiger partial charge in [0.05, 0.1) is 17.1 Å². The van der Waals surface area contributed by atoms with E-state index in [4.69, 9.17) is 4.74 Å². The molecule has 0 unspecified atom stereocenters. The second kappa shape index (κ2) is 9.07. The van der Waals surface area contributed by atoms with Gasteiger partial charge in [-0.3, -0.25) is 9.10 Å². The summed E-state index contributed by atoms with van der Waals surface area (Å²) in [5.74, 6) is -0.587. The van der Waals surface area contributed by atoms with Crippen LogP contribution in [0.2, 0.25) is 0 Å². The van der Waals surface area contributed by atoms with E-state index >= 15 is 0 Å². The lowest BCUT2D eigenvalue weighted by molar-refractivity contribution is -0.120. The van der Waals surface area contributed by atoms with Crippen molar-refractivity contribution in [2.45, 2.75) is 43.6 Å². The van der Waals surface area contributed by atoms with Crippen LogP contribution in [0.3, 0.4) is 0 Å². The molecule has 1 fully saturated rings. The number of aryl methyl sites for hydroxylation is 1. The van der Waals surface area contributed by atoms with Gasteiger partial charge in [-0.25, -0.2) is 17.2 Å². The fraction of sp³-hybridized carbons (Fsp3) is 0.296. The van der Waals surface area contributed by atoms with E-state index in [-0.39, 0.29) is 34.4 Å². The standard InChI is InChI=1S/C27H25F2NO4S/c1-17-3-2-4-22(13-17)35(32,33)30-16-21(9-11-26(31)18-5-6-18)34-27-12-7-19(14-25(27)30)23-15-20(28)8-10-24(23)29/h2-4,7-8,10,12-15,18,21H,5-6,9,11,16H2,1H3/t21-/m0/s1. The van der Waals surface area contributed by atoms with Crippen molar-refractivity contribution in [1.29, 1.82) is 0 Å². The number of fused-ring (bicyclic) bond motifs is 1. The van der Waals surface area contributed by atoms with Crippen molar-refractivity contribution < 1.29 is 26.7 Å². The predicted octanol–water partition coefficient (Wildman–Crippen LogP) is 5.66. The first-order valence-electron chi connectivity index (χ1n) is 11.6. The minimum atomic E-state index is -3.99. The zero-order valence-electron chi connectivity index (χ0n) is 19.2. The lowest BCUT2D eigenvalue weighted by atomic mass is 10.0. The summed E-state index contributed by atoms with van der Waals surface area (Å²) in [5, 5.41) is 0. The van der Waals surface area contributed by atoms with Crippen molar-refractivity contribution in [2.75, 3.05) is 10.8 Å². The Bertz CT molecular complexity index is 1400. The molecule has 5 rings (SSSR count). The number of rotatable bonds is 7. The van der Waals surface area contributed by atoms with E-state index in [0.717, 1.165) is 36.6 Å². The van der Waals surface area contributed by atoms with E-state index in [1.165, 1.54) is 16.4 Å². The van der Waals surface area contributed by atoms with Gasteiger partial charge in [0.15, 0.2) is 0 Å². The molecule has 0 radical (unpaired) electrons. The second-order valence-electron chi connectivity index (χ2n) is 9.18. The van der Waals surface area contributed by atoms with Crippen molar-refractivity contribution in [3.8, 4) is 16.9 Å². The second-order valence-corrected chi connectivity index (χ2v) is 11.0. The Balaban J connectivity index is 1.55. The average Bonchev–Trinajstić information content (AvgIpc) is 3.69. The maximum Gasteiger partial charge on any atom is 0.264 e. The van der Waals surface area contributed by atoms with Crippen LogP contribution in [0.4, 0.5) is 14.5 Å². The molecule has 0 N–H and O–H groups in total. The van der Waals surface area contributed by atoms with E-state index in [0.29, 0.717) is 24.2 Å². The number of halogens is 2. The van der Waals surface area contributed by atoms with Gasteiger partial charge in [0.1, 0.15) is 29.3 Å². The molecule has 0 aromatic heterocycles. The molecule has 0 spiro atoms. The van der Waals surface area contributed by atoms with Crippen LogP contribution >= 0.6 is 0 Å². The van der Waals surface area contributed by atoms with Gasteiger partial charge in [-0.1, -0.05) is 18.2 Å². The third-order valence-corrected chi connectivity index (χ3v) is 8.23. The highest BCUT2D eigenvalue weighted by molar-refractivity contribution is 7.92. The van der Waals surface area contributed by atoms with Crippen LogP contribution in [0.25, 0.3) is 11.1 Å². The van der Waals surface area contributed by atoms with Crippen LogP contribution in [0.15, 0.2) is 65.6 Å². The number of hydrogen-bond acceptors (Lipinski definition) is 4. The number of ether oxygens (including phenoxy) is 1. The summed E-state index contributed by atoms with van der Waals surface area (Å²) in [6, 6.07) is 14.4. The molecule has 1 aliphatic heterocycles. The maximum absolute atomic E-state index is 14.5. The number of carbonyl (C=O) groups excluding carboxylic acids is 1. The summed E-state index contributed by atoms with van der Waals surface area (Å²) in [4.78, 5) is 12.4. The summed E-state index contributed by atoms with van der Waals surface area (Å²) >= 11 is 0. The van der Waals surface area contributed by atoms with Gasteiger partial charge in [0.2, 0.25) is 0 Å². The first-order valence-corrected chi connectivity index (χ1v) is 13.0. The highest BCUT2D eigenvalue weighted by Gasteiger charge is 2.36. The van der Waals surface area contributed by atoms with Crippen molar-refractivity contribution >= 4 is 21.5 Å². The SMILES string of the molecule is Cc1cccc(S(=O)(=O)N2C[C@H](CCC(=O)C3CC3)Oc3ccc(-c4cc(F)ccc4F)cc32)c1. The zero-order chi connectivity index (χ0) is 24.7. The number of carbonyl (C=O) groups is 1. The molecule has 3 aromatic carbocycles. The Morgan fingerprint density at radius 3 is 2.60 bits per heavy atom. The molecule has 0 amide bonds. The molecule has 3 aromatic rings. The number of ketones is 1. The molecule has 5 nitrogen and oxygen atoms in total. The van der Waals surface area contributed by atoms with Crippen molar-refractivity contribution in [3.05, 3.63) is 77.9 Å². The van der Waals surface area contributed by atoms with Crippen molar-refractivity contribution in [3.63, 3.8) is 0 Å². The van der Waals surface area contributed by atoms with Gasteiger partial charge in [0.25, 0.3) is 10.0 Å². The smallest absolute Gasteiger partial charge is 0.264 e. The minimum Gasteiger partial charge on any atom is -0.486 e. The number of sulfonamides is 1. The lowest BCUT2D eigenvalue weighted by Gasteiger charge is -2.36. The van der Waals surface area contributed by atoms with Gasteiger partial charge in [-0.15, -0.1) is 0 Å². The molecule has 1 heterocycles. The van der Waals surface area contributed by atoms with Crippen LogP contribution in [-0.2, 0) is 14.8 Å². The Labute approximate surface area is 203 Å². The normalized spacial score (nSPS) is 17.6. The van der Waals surface area contributed by atoms with Gasteiger partial charge >= 0.3 is 0 Å². The van der Waals surface area contributed by atoms with Gasteiger partial charge < -0.3 is 4.74 Å². The van der Waals surface area contributed by atoms with E-state index in [2.05, 4.69) is 0 Å². The summed E-state index contributed by atoms with van der Waals surface area (Å²) in [6.45, 7) is 1.82. The van der Waals surface area contributed by atoms with Crippen LogP contribution in [-0.4, -0.2) is 26.8 Å². The van der Waals surface area contributed by atoms with Crippen molar-refractivity contribution in [1.82, 2.24) is 0 Å². The van der Waals surface area contributed by atoms with Gasteiger partial charge in [-0.2, -0.15) is 0 Å². The predicted molar refractivity (Wildman–Crippen MR) is 129 cm³/mol. The number of hydrogen-bond donors (Lipinski definition) is 0. The van der Waals surface area contributed by atoms with Crippen LogP contribution < -0.4 is 9.04 Å². The molecular formula is C27H25F2NO4S. The minimum absolute atomic E-state index is 0.0102. The molecule has 182 valence electrons. The van der Waals surface area contributed by atoms with E-state index in [1.807, 2.05) is 13.0 Å². The van der Waals surface area contributed by atoms with Crippen molar-refractivity contribution in [2.24, 2.45) is 5.92 Å². The molecule has 2 aliphatic rings. The van der Waals surface area contributed by atoms with Crippen LogP contribution in [0, 0.1) is 24.5 Å². The van der Waals surface area contributed by atoms with Crippen LogP contribution in [0.5, 0.6) is 5.75 Å². The molecule has 8 heteroatoms. The topological polar surface area (TPSA) is 63.7 Å². The molecule has 0 bridgehead atoms. The highest BCUT2D eigenvalue weighted by Crippen LogP contribution is 2.41. The largest absolute Gasteiger partial charge is 0.486 e. The number of anilines is 1. The van der Waals surface area contributed by atoms with E-state index in [1.54, 1.807) is 24.3 Å². The summed E-state index contributed by atoms with van der Waals surface area (Å²) in [5.41, 5.74) is 1.40. The average molecular weight is 498 g/mol. The quantitative estimate of drug-likeness (QED) is 0.423. The summed E-state index contributed by atoms with van der Waals surface area (Å²) in [7, 11) is -3.99. The molecular weight excluding hydrogens is 472 g/mol. The molecule has 1 atom stereocenters. The Hall–Kier alpha value is -3.26. The summed E-state index contributed by atoms with van der Waals surface area (Å²) in [6.07, 6.45) is 2.05. The number of nitrogens with zero attached hydrogens (tertiary/aromatic N) is 1. The molecule has 0 saturated heterocycles. The number of Topliss-reactive ketones (excluding diaryl/α,β-unsaturated/α-hetero) is 1. The highest BCUT2D eigenvalue weighted by atomic mass is 32.2. The molecule has 1 saturated carbocycles. The van der Waals surface area contributed by atoms with Crippen LogP contribution in [0.1, 0.15) is 31.2 Å². The molecule has 35 heavy (non-hydrogen) atoms. The Morgan fingerprint density at radius 2 is 1.86 bits per heavy atom. The fourth-order valence-electron chi connectivity index (χ4n) is 4.39. The first-order chi connectivity index (χ1) is 16.7.